The molecule has 0 unspecified atom stereocenters. The first kappa shape index (κ1) is 10.7. The summed E-state index contributed by atoms with van der Waals surface area (Å²) < 4.78 is 5.54. The third kappa shape index (κ3) is 2.23. The van der Waals surface area contributed by atoms with E-state index in [-0.39, 0.29) is 0 Å². The molecule has 2 heterocycles. The molecule has 2 aromatic rings. The van der Waals surface area contributed by atoms with Crippen LogP contribution >= 0.6 is 11.3 Å². The van der Waals surface area contributed by atoms with E-state index in [1.807, 2.05) is 36.6 Å². The van der Waals surface area contributed by atoms with Gasteiger partial charge >= 0.3 is 0 Å². The van der Waals surface area contributed by atoms with E-state index in [0.29, 0.717) is 5.57 Å². The summed E-state index contributed by atoms with van der Waals surface area (Å²) in [5.74, 6) is 1.68. The zero-order chi connectivity index (χ0) is 11.4. The summed E-state index contributed by atoms with van der Waals surface area (Å²) in [6.45, 7) is 2.04. The van der Waals surface area contributed by atoms with Crippen LogP contribution in [-0.2, 0) is 6.42 Å². The van der Waals surface area contributed by atoms with Crippen LogP contribution in [0.1, 0.15) is 23.3 Å². The van der Waals surface area contributed by atoms with E-state index in [2.05, 4.69) is 6.07 Å². The van der Waals surface area contributed by atoms with E-state index in [4.69, 9.17) is 9.68 Å². The molecule has 0 spiro atoms. The lowest BCUT2D eigenvalue weighted by Crippen LogP contribution is -1.74. The van der Waals surface area contributed by atoms with Gasteiger partial charge in [-0.05, 0) is 29.7 Å². The Labute approximate surface area is 98.5 Å². The molecule has 0 saturated carbocycles. The van der Waals surface area contributed by atoms with Crippen molar-refractivity contribution in [2.45, 2.75) is 13.3 Å². The van der Waals surface area contributed by atoms with Gasteiger partial charge in [0.25, 0.3) is 0 Å². The van der Waals surface area contributed by atoms with Crippen molar-refractivity contribution < 1.29 is 4.42 Å². The van der Waals surface area contributed by atoms with Crippen LogP contribution in [0.3, 0.4) is 0 Å². The highest BCUT2D eigenvalue weighted by Crippen LogP contribution is 2.22. The summed E-state index contributed by atoms with van der Waals surface area (Å²) in [6, 6.07) is 9.89. The summed E-state index contributed by atoms with van der Waals surface area (Å²) in [6.07, 6.45) is 2.65. The molecule has 0 aliphatic carbocycles. The second kappa shape index (κ2) is 4.82. The van der Waals surface area contributed by atoms with Gasteiger partial charge in [0.15, 0.2) is 0 Å². The van der Waals surface area contributed by atoms with Crippen molar-refractivity contribution >= 4 is 23.0 Å². The topological polar surface area (TPSA) is 36.9 Å². The number of rotatable bonds is 3. The van der Waals surface area contributed by atoms with Gasteiger partial charge in [0, 0.05) is 11.3 Å². The molecule has 0 N–H and O–H groups in total. The van der Waals surface area contributed by atoms with Crippen molar-refractivity contribution in [2.24, 2.45) is 0 Å². The van der Waals surface area contributed by atoms with Crippen LogP contribution in [0.15, 0.2) is 34.1 Å². The number of nitrogens with zero attached hydrogens (tertiary/aromatic N) is 1. The quantitative estimate of drug-likeness (QED) is 0.747. The lowest BCUT2D eigenvalue weighted by Gasteiger charge is -1.92. The third-order valence-electron chi connectivity index (χ3n) is 2.22. The number of allylic oxidation sites excluding steroid dienone is 1. The first-order chi connectivity index (χ1) is 7.83. The minimum absolute atomic E-state index is 0.645. The van der Waals surface area contributed by atoms with Gasteiger partial charge in [0.1, 0.15) is 17.6 Å². The molecule has 0 aliphatic heterocycles. The van der Waals surface area contributed by atoms with Crippen LogP contribution in [-0.4, -0.2) is 0 Å². The first-order valence-electron chi connectivity index (χ1n) is 5.08. The highest BCUT2D eigenvalue weighted by molar-refractivity contribution is 7.11. The van der Waals surface area contributed by atoms with Gasteiger partial charge in [-0.2, -0.15) is 5.26 Å². The van der Waals surface area contributed by atoms with Crippen LogP contribution in [0.4, 0.5) is 0 Å². The molecule has 0 atom stereocenters. The monoisotopic (exact) mass is 229 g/mol. The largest absolute Gasteiger partial charge is 0.462 e. The Bertz CT molecular complexity index is 529. The van der Waals surface area contributed by atoms with Crippen molar-refractivity contribution in [2.75, 3.05) is 0 Å². The number of furan rings is 1. The molecular formula is C13H11NOS. The third-order valence-corrected chi connectivity index (χ3v) is 3.13. The van der Waals surface area contributed by atoms with Crippen molar-refractivity contribution in [3.8, 4) is 6.07 Å². The Morgan fingerprint density at radius 2 is 2.38 bits per heavy atom. The van der Waals surface area contributed by atoms with Gasteiger partial charge in [-0.15, -0.1) is 11.3 Å². The highest BCUT2D eigenvalue weighted by atomic mass is 32.1. The summed E-state index contributed by atoms with van der Waals surface area (Å²) >= 11 is 1.55. The van der Waals surface area contributed by atoms with Gasteiger partial charge in [0.05, 0.1) is 5.57 Å². The number of hydrogen-bond donors (Lipinski definition) is 0. The maximum atomic E-state index is 9.07. The molecule has 0 fully saturated rings. The second-order valence-corrected chi connectivity index (χ2v) is 4.25. The zero-order valence-electron chi connectivity index (χ0n) is 8.93. The van der Waals surface area contributed by atoms with E-state index >= 15 is 0 Å². The van der Waals surface area contributed by atoms with E-state index < -0.39 is 0 Å². The van der Waals surface area contributed by atoms with E-state index in [0.717, 1.165) is 22.8 Å². The normalized spacial score (nSPS) is 11.4. The lowest BCUT2D eigenvalue weighted by atomic mass is 10.2. The molecule has 2 nitrogen and oxygen atoms in total. The minimum atomic E-state index is 0.645. The van der Waals surface area contributed by atoms with Crippen LogP contribution in [0.2, 0.25) is 0 Å². The molecule has 3 heteroatoms. The fourth-order valence-corrected chi connectivity index (χ4v) is 2.09. The molecule has 2 aromatic heterocycles. The van der Waals surface area contributed by atoms with Crippen LogP contribution in [0.25, 0.3) is 11.6 Å². The van der Waals surface area contributed by atoms with Gasteiger partial charge in [-0.3, -0.25) is 0 Å². The van der Waals surface area contributed by atoms with Gasteiger partial charge in [0.2, 0.25) is 0 Å². The Balaban J connectivity index is 2.32. The molecule has 0 bridgehead atoms. The smallest absolute Gasteiger partial charge is 0.128 e. The lowest BCUT2D eigenvalue weighted by molar-refractivity contribution is 0.508. The molecule has 0 radical (unpaired) electrons. The second-order valence-electron chi connectivity index (χ2n) is 3.30. The summed E-state index contributed by atoms with van der Waals surface area (Å²) in [5, 5.41) is 11.0. The molecule has 80 valence electrons. The van der Waals surface area contributed by atoms with Crippen molar-refractivity contribution in [3.05, 3.63) is 46.0 Å². The number of nitriles is 1. The molecule has 0 aromatic carbocycles. The Kier molecular flexibility index (Phi) is 3.23. The Hall–Kier alpha value is -1.79. The standard InChI is InChI=1S/C13H11NOS/c1-2-11-5-6-12(15-11)8-10(9-14)13-4-3-7-16-13/h3-8H,2H2,1H3/b10-8+. The number of aryl methyl sites for hydroxylation is 1. The average Bonchev–Trinajstić information content (AvgIpc) is 2.96. The van der Waals surface area contributed by atoms with E-state index in [1.165, 1.54) is 0 Å². The molecule has 16 heavy (non-hydrogen) atoms. The minimum Gasteiger partial charge on any atom is -0.462 e. The number of hydrogen-bond acceptors (Lipinski definition) is 3. The molecular weight excluding hydrogens is 218 g/mol. The summed E-state index contributed by atoms with van der Waals surface area (Å²) in [7, 11) is 0. The molecule has 0 saturated heterocycles. The zero-order valence-corrected chi connectivity index (χ0v) is 9.75. The SMILES string of the molecule is CCc1ccc(/C=C(\C#N)c2cccs2)o1. The average molecular weight is 229 g/mol. The molecule has 2 rings (SSSR count). The van der Waals surface area contributed by atoms with Crippen molar-refractivity contribution in [3.63, 3.8) is 0 Å². The van der Waals surface area contributed by atoms with Crippen LogP contribution in [0, 0.1) is 11.3 Å². The maximum Gasteiger partial charge on any atom is 0.128 e. The number of thiophene rings is 1. The van der Waals surface area contributed by atoms with E-state index in [1.54, 1.807) is 17.4 Å². The van der Waals surface area contributed by atoms with Gasteiger partial charge in [-0.1, -0.05) is 13.0 Å². The Morgan fingerprint density at radius 1 is 1.50 bits per heavy atom. The molecule has 0 aliphatic rings. The summed E-state index contributed by atoms with van der Waals surface area (Å²) in [4.78, 5) is 0.969. The van der Waals surface area contributed by atoms with Crippen molar-refractivity contribution in [1.29, 1.82) is 5.26 Å². The van der Waals surface area contributed by atoms with Crippen LogP contribution in [0.5, 0.6) is 0 Å². The predicted octanol–water partition coefficient (Wildman–Crippen LogP) is 3.97. The predicted molar refractivity (Wildman–Crippen MR) is 65.9 cm³/mol. The molecule has 0 amide bonds. The first-order valence-corrected chi connectivity index (χ1v) is 5.96. The van der Waals surface area contributed by atoms with Gasteiger partial charge < -0.3 is 4.42 Å². The Morgan fingerprint density at radius 3 is 2.94 bits per heavy atom. The maximum absolute atomic E-state index is 9.07. The van der Waals surface area contributed by atoms with Crippen molar-refractivity contribution in [1.82, 2.24) is 0 Å². The van der Waals surface area contributed by atoms with E-state index in [9.17, 15) is 0 Å². The fourth-order valence-electron chi connectivity index (χ4n) is 1.39. The summed E-state index contributed by atoms with van der Waals surface area (Å²) in [5.41, 5.74) is 0.645. The van der Waals surface area contributed by atoms with Crippen LogP contribution < -0.4 is 0 Å². The fraction of sp³-hybridized carbons (Fsp3) is 0.154. The van der Waals surface area contributed by atoms with Gasteiger partial charge in [-0.25, -0.2) is 0 Å². The highest BCUT2D eigenvalue weighted by Gasteiger charge is 2.04.